The summed E-state index contributed by atoms with van der Waals surface area (Å²) in [6.07, 6.45) is 6.80. The number of amides is 1. The Hall–Kier alpha value is -4.32. The van der Waals surface area contributed by atoms with Crippen molar-refractivity contribution in [1.82, 2.24) is 14.9 Å². The van der Waals surface area contributed by atoms with Gasteiger partial charge in [0.05, 0.1) is 11.2 Å². The SMILES string of the molecule is O=C(C=Cc1ccc2ccccc2n1)c1ccc(C(=O)N2CCN(c3ccncc3)CC2)cc1. The molecule has 168 valence electrons. The third-order valence-electron chi connectivity index (χ3n) is 6.04. The molecule has 0 aliphatic carbocycles. The maximum absolute atomic E-state index is 12.9. The summed E-state index contributed by atoms with van der Waals surface area (Å²) in [6, 6.07) is 22.6. The first kappa shape index (κ1) is 21.5. The fourth-order valence-electron chi connectivity index (χ4n) is 4.11. The van der Waals surface area contributed by atoms with Crippen molar-refractivity contribution >= 4 is 34.4 Å². The fraction of sp³-hybridized carbons (Fsp3) is 0.143. The van der Waals surface area contributed by atoms with Crippen LogP contribution in [0.4, 0.5) is 5.69 Å². The lowest BCUT2D eigenvalue weighted by Gasteiger charge is -2.36. The van der Waals surface area contributed by atoms with E-state index in [-0.39, 0.29) is 11.7 Å². The molecular weight excluding hydrogens is 424 g/mol. The van der Waals surface area contributed by atoms with Crippen molar-refractivity contribution in [2.45, 2.75) is 0 Å². The largest absolute Gasteiger partial charge is 0.368 e. The van der Waals surface area contributed by atoms with Gasteiger partial charge < -0.3 is 9.80 Å². The minimum absolute atomic E-state index is 0.00992. The Bertz CT molecular complexity index is 1340. The van der Waals surface area contributed by atoms with E-state index < -0.39 is 0 Å². The number of hydrogen-bond donors (Lipinski definition) is 0. The second-order valence-electron chi connectivity index (χ2n) is 8.19. The number of allylic oxidation sites excluding steroid dienone is 1. The summed E-state index contributed by atoms with van der Waals surface area (Å²) in [6.45, 7) is 2.87. The molecule has 0 saturated carbocycles. The quantitative estimate of drug-likeness (QED) is 0.333. The van der Waals surface area contributed by atoms with Gasteiger partial charge in [0.15, 0.2) is 5.78 Å². The van der Waals surface area contributed by atoms with E-state index in [0.717, 1.165) is 35.4 Å². The van der Waals surface area contributed by atoms with Crippen molar-refractivity contribution in [3.05, 3.63) is 108 Å². The monoisotopic (exact) mass is 448 g/mol. The van der Waals surface area contributed by atoms with Gasteiger partial charge in [0.25, 0.3) is 5.91 Å². The number of rotatable bonds is 5. The number of ketones is 1. The second-order valence-corrected chi connectivity index (χ2v) is 8.19. The van der Waals surface area contributed by atoms with Crippen LogP contribution < -0.4 is 4.90 Å². The number of pyridine rings is 2. The lowest BCUT2D eigenvalue weighted by Crippen LogP contribution is -2.48. The number of aromatic nitrogens is 2. The van der Waals surface area contributed by atoms with Crippen LogP contribution in [-0.2, 0) is 0 Å². The Labute approximate surface area is 198 Å². The van der Waals surface area contributed by atoms with E-state index in [1.807, 2.05) is 53.4 Å². The molecule has 1 aliphatic rings. The van der Waals surface area contributed by atoms with Crippen molar-refractivity contribution in [2.24, 2.45) is 0 Å². The van der Waals surface area contributed by atoms with E-state index in [1.54, 1.807) is 42.7 Å². The number of fused-ring (bicyclic) bond motifs is 1. The number of hydrogen-bond acceptors (Lipinski definition) is 5. The smallest absolute Gasteiger partial charge is 0.253 e. The van der Waals surface area contributed by atoms with Crippen LogP contribution in [0.3, 0.4) is 0 Å². The Morgan fingerprint density at radius 1 is 0.765 bits per heavy atom. The van der Waals surface area contributed by atoms with Crippen LogP contribution in [0.25, 0.3) is 17.0 Å². The van der Waals surface area contributed by atoms with Gasteiger partial charge >= 0.3 is 0 Å². The van der Waals surface area contributed by atoms with Gasteiger partial charge in [0.1, 0.15) is 0 Å². The third-order valence-corrected chi connectivity index (χ3v) is 6.04. The number of piperazine rings is 1. The Morgan fingerprint density at radius 3 is 2.24 bits per heavy atom. The molecule has 6 nitrogen and oxygen atoms in total. The predicted octanol–water partition coefficient (Wildman–Crippen LogP) is 4.49. The minimum atomic E-state index is -0.125. The number of para-hydroxylation sites is 1. The lowest BCUT2D eigenvalue weighted by atomic mass is 10.1. The average Bonchev–Trinajstić information content (AvgIpc) is 2.92. The minimum Gasteiger partial charge on any atom is -0.368 e. The number of benzene rings is 2. The van der Waals surface area contributed by atoms with E-state index in [2.05, 4.69) is 14.9 Å². The van der Waals surface area contributed by atoms with E-state index in [1.165, 1.54) is 6.08 Å². The zero-order valence-corrected chi connectivity index (χ0v) is 18.7. The van der Waals surface area contributed by atoms with Crippen LogP contribution in [0.1, 0.15) is 26.4 Å². The highest BCUT2D eigenvalue weighted by molar-refractivity contribution is 6.07. The summed E-state index contributed by atoms with van der Waals surface area (Å²) in [5.41, 5.74) is 3.87. The topological polar surface area (TPSA) is 66.4 Å². The molecule has 0 bridgehead atoms. The molecule has 0 radical (unpaired) electrons. The third kappa shape index (κ3) is 4.71. The van der Waals surface area contributed by atoms with Gasteiger partial charge in [-0.1, -0.05) is 36.4 Å². The van der Waals surface area contributed by atoms with Crippen LogP contribution in [0.2, 0.25) is 0 Å². The Kier molecular flexibility index (Phi) is 6.12. The summed E-state index contributed by atoms with van der Waals surface area (Å²) in [5.74, 6) is -0.135. The van der Waals surface area contributed by atoms with Gasteiger partial charge in [-0.05, 0) is 48.6 Å². The van der Waals surface area contributed by atoms with Crippen LogP contribution in [-0.4, -0.2) is 52.7 Å². The molecule has 34 heavy (non-hydrogen) atoms. The van der Waals surface area contributed by atoms with Crippen molar-refractivity contribution in [3.8, 4) is 0 Å². The molecule has 6 heteroatoms. The summed E-state index contributed by atoms with van der Waals surface area (Å²) < 4.78 is 0. The zero-order chi connectivity index (χ0) is 23.3. The molecule has 1 saturated heterocycles. The first-order valence-corrected chi connectivity index (χ1v) is 11.3. The van der Waals surface area contributed by atoms with Gasteiger partial charge in [0, 0.05) is 60.8 Å². The van der Waals surface area contributed by atoms with Gasteiger partial charge in [-0.15, -0.1) is 0 Å². The lowest BCUT2D eigenvalue weighted by molar-refractivity contribution is 0.0746. The van der Waals surface area contributed by atoms with Crippen molar-refractivity contribution < 1.29 is 9.59 Å². The number of carbonyl (C=O) groups is 2. The van der Waals surface area contributed by atoms with E-state index >= 15 is 0 Å². The molecule has 2 aromatic carbocycles. The van der Waals surface area contributed by atoms with Gasteiger partial charge in [-0.25, -0.2) is 4.98 Å². The number of nitrogens with zero attached hydrogens (tertiary/aromatic N) is 4. The van der Waals surface area contributed by atoms with Crippen LogP contribution in [0.15, 0.2) is 91.3 Å². The standard InChI is InChI=1S/C28H24N4O2/c33-27(12-11-24-10-9-21-3-1-2-4-26(21)30-24)22-5-7-23(8-6-22)28(34)32-19-17-31(18-20-32)25-13-15-29-16-14-25/h1-16H,17-20H2. The molecule has 0 spiro atoms. The number of anilines is 1. The Balaban J connectivity index is 1.20. The van der Waals surface area contributed by atoms with Gasteiger partial charge in [0.2, 0.25) is 0 Å². The van der Waals surface area contributed by atoms with E-state index in [9.17, 15) is 9.59 Å². The molecule has 4 aromatic rings. The summed E-state index contributed by atoms with van der Waals surface area (Å²) >= 11 is 0. The van der Waals surface area contributed by atoms with Crippen molar-refractivity contribution in [3.63, 3.8) is 0 Å². The summed E-state index contributed by atoms with van der Waals surface area (Å²) in [4.78, 5) is 38.3. The zero-order valence-electron chi connectivity index (χ0n) is 18.7. The highest BCUT2D eigenvalue weighted by Crippen LogP contribution is 2.17. The Morgan fingerprint density at radius 2 is 1.47 bits per heavy atom. The molecule has 2 aromatic heterocycles. The highest BCUT2D eigenvalue weighted by atomic mass is 16.2. The van der Waals surface area contributed by atoms with E-state index in [4.69, 9.17) is 0 Å². The summed E-state index contributed by atoms with van der Waals surface area (Å²) in [7, 11) is 0. The second kappa shape index (κ2) is 9.67. The molecular formula is C28H24N4O2. The highest BCUT2D eigenvalue weighted by Gasteiger charge is 2.22. The van der Waals surface area contributed by atoms with Crippen LogP contribution >= 0.6 is 0 Å². The molecule has 0 unspecified atom stereocenters. The first-order chi connectivity index (χ1) is 16.7. The normalized spacial score (nSPS) is 14.0. The molecule has 0 N–H and O–H groups in total. The van der Waals surface area contributed by atoms with Crippen molar-refractivity contribution in [2.75, 3.05) is 31.1 Å². The fourth-order valence-corrected chi connectivity index (χ4v) is 4.11. The first-order valence-electron chi connectivity index (χ1n) is 11.3. The molecule has 1 aliphatic heterocycles. The van der Waals surface area contributed by atoms with Crippen LogP contribution in [0, 0.1) is 0 Å². The molecule has 0 atom stereocenters. The van der Waals surface area contributed by atoms with Gasteiger partial charge in [-0.2, -0.15) is 0 Å². The van der Waals surface area contributed by atoms with Crippen LogP contribution in [0.5, 0.6) is 0 Å². The van der Waals surface area contributed by atoms with Crippen molar-refractivity contribution in [1.29, 1.82) is 0 Å². The average molecular weight is 449 g/mol. The molecule has 1 amide bonds. The number of carbonyl (C=O) groups excluding carboxylic acids is 2. The maximum Gasteiger partial charge on any atom is 0.253 e. The summed E-state index contributed by atoms with van der Waals surface area (Å²) in [5, 5.41) is 1.06. The molecule has 1 fully saturated rings. The maximum atomic E-state index is 12.9. The predicted molar refractivity (Wildman–Crippen MR) is 134 cm³/mol. The molecule has 3 heterocycles. The molecule has 5 rings (SSSR count). The van der Waals surface area contributed by atoms with E-state index in [0.29, 0.717) is 24.2 Å². The van der Waals surface area contributed by atoms with Gasteiger partial charge in [-0.3, -0.25) is 14.6 Å².